The van der Waals surface area contributed by atoms with Crippen LogP contribution in [0.3, 0.4) is 0 Å². The van der Waals surface area contributed by atoms with Gasteiger partial charge >= 0.3 is 5.97 Å². The fourth-order valence-corrected chi connectivity index (χ4v) is 2.28. The van der Waals surface area contributed by atoms with Crippen molar-refractivity contribution in [2.24, 2.45) is 0 Å². The molecule has 1 N–H and O–H groups in total. The molecule has 2 rings (SSSR count). The van der Waals surface area contributed by atoms with Crippen LogP contribution in [0.2, 0.25) is 0 Å². The van der Waals surface area contributed by atoms with Crippen LogP contribution < -0.4 is 0 Å². The highest BCUT2D eigenvalue weighted by atomic mass is 19.2. The molecule has 1 heterocycles. The summed E-state index contributed by atoms with van der Waals surface area (Å²) in [5.41, 5.74) is -0.394. The molecule has 0 unspecified atom stereocenters. The van der Waals surface area contributed by atoms with Gasteiger partial charge in [-0.05, 0) is 31.4 Å². The summed E-state index contributed by atoms with van der Waals surface area (Å²) in [6.07, 6.45) is 1.56. The zero-order chi connectivity index (χ0) is 14.9. The SMILES string of the molecule is O=C(O)[C@H]1CCCCN1C(=O)c1cc(F)c(F)c(F)c1. The van der Waals surface area contributed by atoms with Crippen molar-refractivity contribution < 1.29 is 27.9 Å². The number of carboxylic acids is 1. The second-order valence-electron chi connectivity index (χ2n) is 4.60. The monoisotopic (exact) mass is 287 g/mol. The van der Waals surface area contributed by atoms with Crippen LogP contribution in [0.25, 0.3) is 0 Å². The van der Waals surface area contributed by atoms with Gasteiger partial charge in [-0.25, -0.2) is 18.0 Å². The number of carbonyl (C=O) groups is 2. The van der Waals surface area contributed by atoms with Gasteiger partial charge in [-0.1, -0.05) is 0 Å². The first-order valence-corrected chi connectivity index (χ1v) is 6.10. The molecular formula is C13H12F3NO3. The highest BCUT2D eigenvalue weighted by molar-refractivity contribution is 5.96. The summed E-state index contributed by atoms with van der Waals surface area (Å²) >= 11 is 0. The van der Waals surface area contributed by atoms with Gasteiger partial charge in [0.1, 0.15) is 6.04 Å². The van der Waals surface area contributed by atoms with E-state index < -0.39 is 40.9 Å². The van der Waals surface area contributed by atoms with Crippen LogP contribution in [-0.2, 0) is 4.79 Å². The molecule has 4 nitrogen and oxygen atoms in total. The van der Waals surface area contributed by atoms with Crippen LogP contribution in [0.5, 0.6) is 0 Å². The Bertz CT molecular complexity index is 539. The number of hydrogen-bond donors (Lipinski definition) is 1. The van der Waals surface area contributed by atoms with Gasteiger partial charge in [-0.15, -0.1) is 0 Å². The number of benzene rings is 1. The second-order valence-corrected chi connectivity index (χ2v) is 4.60. The molecule has 0 saturated carbocycles. The van der Waals surface area contributed by atoms with Crippen molar-refractivity contribution >= 4 is 11.9 Å². The lowest BCUT2D eigenvalue weighted by molar-refractivity contribution is -0.143. The molecule has 0 radical (unpaired) electrons. The van der Waals surface area contributed by atoms with Crippen molar-refractivity contribution in [2.45, 2.75) is 25.3 Å². The first-order chi connectivity index (χ1) is 9.41. The van der Waals surface area contributed by atoms with E-state index in [1.54, 1.807) is 0 Å². The summed E-state index contributed by atoms with van der Waals surface area (Å²) in [5.74, 6) is -6.58. The fraction of sp³-hybridized carbons (Fsp3) is 0.385. The maximum absolute atomic E-state index is 13.1. The summed E-state index contributed by atoms with van der Waals surface area (Å²) in [7, 11) is 0. The van der Waals surface area contributed by atoms with Crippen molar-refractivity contribution in [3.8, 4) is 0 Å². The third kappa shape index (κ3) is 2.61. The standard InChI is InChI=1S/C13H12F3NO3/c14-8-5-7(6-9(15)11(8)16)12(18)17-4-2-1-3-10(17)13(19)20/h5-6,10H,1-4H2,(H,19,20)/t10-/m1/s1. The van der Waals surface area contributed by atoms with Gasteiger partial charge in [0, 0.05) is 12.1 Å². The molecule has 20 heavy (non-hydrogen) atoms. The molecule has 1 fully saturated rings. The maximum Gasteiger partial charge on any atom is 0.326 e. The quantitative estimate of drug-likeness (QED) is 0.848. The fourth-order valence-electron chi connectivity index (χ4n) is 2.28. The van der Waals surface area contributed by atoms with Crippen molar-refractivity contribution in [3.05, 3.63) is 35.1 Å². The molecule has 1 atom stereocenters. The molecule has 1 amide bonds. The Morgan fingerprint density at radius 1 is 1.15 bits per heavy atom. The normalized spacial score (nSPS) is 18.9. The number of carboxylic acid groups (broad SMARTS) is 1. The summed E-state index contributed by atoms with van der Waals surface area (Å²) in [6, 6.07) is 0.134. The van der Waals surface area contributed by atoms with E-state index in [4.69, 9.17) is 5.11 Å². The number of piperidine rings is 1. The van der Waals surface area contributed by atoms with E-state index in [-0.39, 0.29) is 13.0 Å². The molecule has 1 saturated heterocycles. The minimum atomic E-state index is -1.66. The highest BCUT2D eigenvalue weighted by Crippen LogP contribution is 2.21. The maximum atomic E-state index is 13.1. The smallest absolute Gasteiger partial charge is 0.326 e. The van der Waals surface area contributed by atoms with E-state index in [0.717, 1.165) is 4.90 Å². The predicted molar refractivity (Wildman–Crippen MR) is 62.6 cm³/mol. The summed E-state index contributed by atoms with van der Waals surface area (Å²) in [5, 5.41) is 9.06. The predicted octanol–water partition coefficient (Wildman–Crippen LogP) is 2.18. The lowest BCUT2D eigenvalue weighted by atomic mass is 10.0. The topological polar surface area (TPSA) is 57.6 Å². The van der Waals surface area contributed by atoms with E-state index in [0.29, 0.717) is 25.0 Å². The number of carbonyl (C=O) groups excluding carboxylic acids is 1. The number of likely N-dealkylation sites (tertiary alicyclic amines) is 1. The zero-order valence-corrected chi connectivity index (χ0v) is 10.4. The van der Waals surface area contributed by atoms with Crippen molar-refractivity contribution in [1.29, 1.82) is 0 Å². The van der Waals surface area contributed by atoms with Crippen LogP contribution in [0, 0.1) is 17.5 Å². The zero-order valence-electron chi connectivity index (χ0n) is 10.4. The molecule has 0 bridgehead atoms. The van der Waals surface area contributed by atoms with E-state index >= 15 is 0 Å². The van der Waals surface area contributed by atoms with Gasteiger partial charge in [0.25, 0.3) is 5.91 Å². The van der Waals surface area contributed by atoms with E-state index in [9.17, 15) is 22.8 Å². The van der Waals surface area contributed by atoms with E-state index in [1.165, 1.54) is 0 Å². The number of halogens is 3. The van der Waals surface area contributed by atoms with Gasteiger partial charge < -0.3 is 10.0 Å². The van der Waals surface area contributed by atoms with Crippen molar-refractivity contribution in [3.63, 3.8) is 0 Å². The van der Waals surface area contributed by atoms with Crippen LogP contribution in [-0.4, -0.2) is 34.5 Å². The number of hydrogen-bond acceptors (Lipinski definition) is 2. The van der Waals surface area contributed by atoms with Crippen LogP contribution >= 0.6 is 0 Å². The molecule has 0 spiro atoms. The average Bonchev–Trinajstić information content (AvgIpc) is 2.43. The van der Waals surface area contributed by atoms with Crippen LogP contribution in [0.1, 0.15) is 29.6 Å². The highest BCUT2D eigenvalue weighted by Gasteiger charge is 2.33. The summed E-state index contributed by atoms with van der Waals surface area (Å²) in [4.78, 5) is 24.3. The summed E-state index contributed by atoms with van der Waals surface area (Å²) < 4.78 is 39.1. The van der Waals surface area contributed by atoms with Gasteiger partial charge in [-0.3, -0.25) is 4.79 Å². The lowest BCUT2D eigenvalue weighted by Crippen LogP contribution is -2.48. The molecule has 0 aromatic heterocycles. The Kier molecular flexibility index (Phi) is 3.96. The Hall–Kier alpha value is -2.05. The van der Waals surface area contributed by atoms with Crippen molar-refractivity contribution in [1.82, 2.24) is 4.90 Å². The van der Waals surface area contributed by atoms with Gasteiger partial charge in [0.2, 0.25) is 0 Å². The second kappa shape index (κ2) is 5.52. The molecular weight excluding hydrogens is 275 g/mol. The summed E-state index contributed by atoms with van der Waals surface area (Å²) in [6.45, 7) is 0.191. The first kappa shape index (κ1) is 14.4. The van der Waals surface area contributed by atoms with E-state index in [2.05, 4.69) is 0 Å². The third-order valence-corrected chi connectivity index (χ3v) is 3.28. The number of amides is 1. The van der Waals surface area contributed by atoms with Crippen molar-refractivity contribution in [2.75, 3.05) is 6.54 Å². The van der Waals surface area contributed by atoms with Gasteiger partial charge in [0.05, 0.1) is 0 Å². The first-order valence-electron chi connectivity index (χ1n) is 6.10. The van der Waals surface area contributed by atoms with Gasteiger partial charge in [-0.2, -0.15) is 0 Å². The average molecular weight is 287 g/mol. The number of rotatable bonds is 2. The number of aliphatic carboxylic acids is 1. The Labute approximate surface area is 112 Å². The minimum Gasteiger partial charge on any atom is -0.480 e. The molecule has 0 aliphatic carbocycles. The molecule has 1 aliphatic heterocycles. The lowest BCUT2D eigenvalue weighted by Gasteiger charge is -2.33. The number of nitrogens with zero attached hydrogens (tertiary/aromatic N) is 1. The molecule has 1 aliphatic rings. The van der Waals surface area contributed by atoms with Crippen LogP contribution in [0.15, 0.2) is 12.1 Å². The molecule has 1 aromatic carbocycles. The Morgan fingerprint density at radius 3 is 2.30 bits per heavy atom. The van der Waals surface area contributed by atoms with E-state index in [1.807, 2.05) is 0 Å². The van der Waals surface area contributed by atoms with Crippen LogP contribution in [0.4, 0.5) is 13.2 Å². The molecule has 7 heteroatoms. The largest absolute Gasteiger partial charge is 0.480 e. The Balaban J connectivity index is 2.32. The van der Waals surface area contributed by atoms with Gasteiger partial charge in [0.15, 0.2) is 17.5 Å². The Morgan fingerprint density at radius 2 is 1.75 bits per heavy atom. The molecule has 108 valence electrons. The minimum absolute atomic E-state index is 0.191. The third-order valence-electron chi connectivity index (χ3n) is 3.28. The molecule has 1 aromatic rings.